The van der Waals surface area contributed by atoms with Crippen molar-refractivity contribution in [1.82, 2.24) is 14.8 Å². The zero-order valence-corrected chi connectivity index (χ0v) is 11.8. The van der Waals surface area contributed by atoms with Crippen molar-refractivity contribution in [2.24, 2.45) is 7.05 Å². The van der Waals surface area contributed by atoms with Gasteiger partial charge < -0.3 is 4.57 Å². The van der Waals surface area contributed by atoms with Crippen LogP contribution in [0.4, 0.5) is 5.69 Å². The smallest absolute Gasteiger partial charge is 0.300 e. The molecule has 102 valence electrons. The molecule has 1 aliphatic heterocycles. The van der Waals surface area contributed by atoms with Crippen LogP contribution in [0.2, 0.25) is 10.0 Å². The van der Waals surface area contributed by atoms with Gasteiger partial charge in [-0.05, 0) is 12.1 Å². The molecule has 1 aromatic heterocycles. The topological polar surface area (TPSA) is 68.1 Å². The number of anilines is 1. The average molecular weight is 311 g/mol. The van der Waals surface area contributed by atoms with Crippen LogP contribution in [0.3, 0.4) is 0 Å². The van der Waals surface area contributed by atoms with Gasteiger partial charge in [0, 0.05) is 7.05 Å². The van der Waals surface area contributed by atoms with E-state index in [1.165, 1.54) is 17.3 Å². The van der Waals surface area contributed by atoms with Gasteiger partial charge in [0.1, 0.15) is 6.33 Å². The summed E-state index contributed by atoms with van der Waals surface area (Å²) in [6, 6.07) is 3.05. The summed E-state index contributed by atoms with van der Waals surface area (Å²) < 4.78 is 1.66. The summed E-state index contributed by atoms with van der Waals surface area (Å²) in [5, 5.41) is 8.14. The molecule has 0 spiro atoms. The van der Waals surface area contributed by atoms with Crippen LogP contribution in [0, 0.1) is 0 Å². The fraction of sp³-hybridized carbons (Fsp3) is 0.167. The van der Waals surface area contributed by atoms with E-state index in [1.807, 2.05) is 0 Å². The number of halogens is 2. The molecule has 0 saturated heterocycles. The number of rotatable bonds is 2. The molecule has 0 radical (unpaired) electrons. The Kier molecular flexibility index (Phi) is 2.99. The lowest BCUT2D eigenvalue weighted by Crippen LogP contribution is -2.30. The number of carbonyl (C=O) groups is 2. The van der Waals surface area contributed by atoms with Gasteiger partial charge in [0.15, 0.2) is 5.82 Å². The second kappa shape index (κ2) is 4.57. The molecule has 1 aromatic carbocycles. The fourth-order valence-corrected chi connectivity index (χ4v) is 2.59. The van der Waals surface area contributed by atoms with Gasteiger partial charge in [-0.2, -0.15) is 0 Å². The minimum Gasteiger partial charge on any atom is -0.319 e. The molecule has 0 aliphatic carbocycles. The Hall–Kier alpha value is -1.92. The highest BCUT2D eigenvalue weighted by molar-refractivity contribution is 6.56. The number of hydrogen-bond acceptors (Lipinski definition) is 4. The maximum atomic E-state index is 12.1. The Labute approximate surface area is 123 Å². The van der Waals surface area contributed by atoms with Crippen molar-refractivity contribution in [2.75, 3.05) is 4.90 Å². The van der Waals surface area contributed by atoms with Crippen molar-refractivity contribution in [3.63, 3.8) is 0 Å². The third-order valence-corrected chi connectivity index (χ3v) is 3.74. The Morgan fingerprint density at radius 2 is 1.90 bits per heavy atom. The second-order valence-corrected chi connectivity index (χ2v) is 5.15. The van der Waals surface area contributed by atoms with Crippen LogP contribution in [0.15, 0.2) is 18.5 Å². The molecule has 2 aromatic rings. The van der Waals surface area contributed by atoms with Gasteiger partial charge in [-0.15, -0.1) is 10.2 Å². The van der Waals surface area contributed by atoms with Gasteiger partial charge in [-0.1, -0.05) is 23.2 Å². The highest BCUT2D eigenvalue weighted by Gasteiger charge is 2.39. The molecule has 1 amide bonds. The van der Waals surface area contributed by atoms with E-state index in [1.54, 1.807) is 17.7 Å². The van der Waals surface area contributed by atoms with E-state index in [0.29, 0.717) is 16.5 Å². The van der Waals surface area contributed by atoms with Crippen molar-refractivity contribution >= 4 is 40.6 Å². The zero-order chi connectivity index (χ0) is 14.4. The van der Waals surface area contributed by atoms with E-state index >= 15 is 0 Å². The van der Waals surface area contributed by atoms with Crippen molar-refractivity contribution in [3.8, 4) is 0 Å². The number of carbonyl (C=O) groups excluding carboxylic acids is 2. The third kappa shape index (κ3) is 1.80. The quantitative estimate of drug-likeness (QED) is 0.794. The first kappa shape index (κ1) is 13.1. The maximum Gasteiger partial charge on any atom is 0.300 e. The van der Waals surface area contributed by atoms with E-state index in [2.05, 4.69) is 10.2 Å². The molecule has 8 heteroatoms. The van der Waals surface area contributed by atoms with Gasteiger partial charge in [0.05, 0.1) is 27.8 Å². The van der Waals surface area contributed by atoms with E-state index in [0.717, 1.165) is 0 Å². The SMILES string of the molecule is Cn1cnnc1CN1C(=O)C(=O)c2c(Cl)ccc(Cl)c21. The molecule has 0 unspecified atom stereocenters. The minimum absolute atomic E-state index is 0.105. The second-order valence-electron chi connectivity index (χ2n) is 4.33. The number of benzene rings is 1. The molecule has 20 heavy (non-hydrogen) atoms. The standard InChI is InChI=1S/C12H8Cl2N4O2/c1-17-5-15-16-8(17)4-18-10-7(14)3-2-6(13)9(10)11(19)12(18)20/h2-3,5H,4H2,1H3. The molecule has 1 aliphatic rings. The number of hydrogen-bond donors (Lipinski definition) is 0. The van der Waals surface area contributed by atoms with E-state index in [-0.39, 0.29) is 17.1 Å². The van der Waals surface area contributed by atoms with Crippen LogP contribution >= 0.6 is 23.2 Å². The van der Waals surface area contributed by atoms with Gasteiger partial charge in [-0.3, -0.25) is 14.5 Å². The number of fused-ring (bicyclic) bond motifs is 1. The van der Waals surface area contributed by atoms with Crippen molar-refractivity contribution in [2.45, 2.75) is 6.54 Å². The fourth-order valence-electron chi connectivity index (χ4n) is 2.09. The van der Waals surface area contributed by atoms with Crippen LogP contribution in [0.1, 0.15) is 16.2 Å². The van der Waals surface area contributed by atoms with Crippen LogP contribution in [0.25, 0.3) is 0 Å². The van der Waals surface area contributed by atoms with Crippen LogP contribution < -0.4 is 4.90 Å². The Balaban J connectivity index is 2.11. The number of amides is 1. The summed E-state index contributed by atoms with van der Waals surface area (Å²) in [6.45, 7) is 0.105. The summed E-state index contributed by atoms with van der Waals surface area (Å²) in [4.78, 5) is 25.4. The molecular formula is C12H8Cl2N4O2. The lowest BCUT2D eigenvalue weighted by atomic mass is 10.1. The lowest BCUT2D eigenvalue weighted by molar-refractivity contribution is -0.114. The number of nitrogens with zero attached hydrogens (tertiary/aromatic N) is 4. The predicted octanol–water partition coefficient (Wildman–Crippen LogP) is 1.85. The van der Waals surface area contributed by atoms with Gasteiger partial charge in [-0.25, -0.2) is 0 Å². The maximum absolute atomic E-state index is 12.1. The Morgan fingerprint density at radius 1 is 1.20 bits per heavy atom. The number of aromatic nitrogens is 3. The first-order chi connectivity index (χ1) is 9.50. The van der Waals surface area contributed by atoms with Crippen LogP contribution in [-0.4, -0.2) is 26.5 Å². The van der Waals surface area contributed by atoms with Gasteiger partial charge in [0.25, 0.3) is 11.7 Å². The first-order valence-electron chi connectivity index (χ1n) is 5.67. The Morgan fingerprint density at radius 3 is 2.55 bits per heavy atom. The third-order valence-electron chi connectivity index (χ3n) is 3.12. The molecule has 0 N–H and O–H groups in total. The van der Waals surface area contributed by atoms with E-state index < -0.39 is 11.7 Å². The summed E-state index contributed by atoms with van der Waals surface area (Å²) >= 11 is 12.1. The van der Waals surface area contributed by atoms with Gasteiger partial charge >= 0.3 is 0 Å². The molecular weight excluding hydrogens is 303 g/mol. The van der Waals surface area contributed by atoms with Gasteiger partial charge in [0.2, 0.25) is 0 Å². The summed E-state index contributed by atoms with van der Waals surface area (Å²) in [5.74, 6) is -0.789. The summed E-state index contributed by atoms with van der Waals surface area (Å²) in [7, 11) is 1.75. The van der Waals surface area contributed by atoms with Crippen LogP contribution in [0.5, 0.6) is 0 Å². The number of aryl methyl sites for hydroxylation is 1. The predicted molar refractivity (Wildman–Crippen MR) is 73.0 cm³/mol. The van der Waals surface area contributed by atoms with Crippen LogP contribution in [-0.2, 0) is 18.4 Å². The molecule has 0 saturated carbocycles. The highest BCUT2D eigenvalue weighted by atomic mass is 35.5. The molecule has 0 fully saturated rings. The van der Waals surface area contributed by atoms with E-state index in [9.17, 15) is 9.59 Å². The monoisotopic (exact) mass is 310 g/mol. The number of ketones is 1. The lowest BCUT2D eigenvalue weighted by Gasteiger charge is -2.17. The van der Waals surface area contributed by atoms with Crippen molar-refractivity contribution in [1.29, 1.82) is 0 Å². The normalized spacial score (nSPS) is 14.1. The molecule has 0 atom stereocenters. The van der Waals surface area contributed by atoms with Crippen molar-refractivity contribution < 1.29 is 9.59 Å². The first-order valence-corrected chi connectivity index (χ1v) is 6.43. The van der Waals surface area contributed by atoms with E-state index in [4.69, 9.17) is 23.2 Å². The molecule has 0 bridgehead atoms. The Bertz CT molecular complexity index is 741. The van der Waals surface area contributed by atoms with Crippen molar-refractivity contribution in [3.05, 3.63) is 39.9 Å². The minimum atomic E-state index is -0.669. The average Bonchev–Trinajstić information content (AvgIpc) is 2.92. The molecule has 6 nitrogen and oxygen atoms in total. The molecule has 2 heterocycles. The number of Topliss-reactive ketones (excluding diaryl/α,β-unsaturated/α-hetero) is 1. The zero-order valence-electron chi connectivity index (χ0n) is 10.3. The highest BCUT2D eigenvalue weighted by Crippen LogP contribution is 2.40. The molecule has 3 rings (SSSR count). The summed E-state index contributed by atoms with van der Waals surface area (Å²) in [5.41, 5.74) is 0.475. The summed E-state index contributed by atoms with van der Waals surface area (Å²) in [6.07, 6.45) is 1.51. The largest absolute Gasteiger partial charge is 0.319 e.